The number of methoxy groups -OCH3 is 1. The summed E-state index contributed by atoms with van der Waals surface area (Å²) in [6.45, 7) is -0.176. The van der Waals surface area contributed by atoms with Crippen molar-refractivity contribution in [1.82, 2.24) is 0 Å². The van der Waals surface area contributed by atoms with Crippen molar-refractivity contribution in [3.63, 3.8) is 0 Å². The van der Waals surface area contributed by atoms with Gasteiger partial charge >= 0.3 is 0 Å². The highest BCUT2D eigenvalue weighted by atomic mass is 79.9. The zero-order valence-electron chi connectivity index (χ0n) is 12.1. The van der Waals surface area contributed by atoms with Crippen LogP contribution in [0.2, 0.25) is 0 Å². The Balaban J connectivity index is 2.00. The fourth-order valence-corrected chi connectivity index (χ4v) is 2.92. The fraction of sp³-hybridized carbons (Fsp3) is 0.125. The number of halogens is 2. The van der Waals surface area contributed by atoms with Crippen LogP contribution >= 0.6 is 31.9 Å². The predicted octanol–water partition coefficient (Wildman–Crippen LogP) is 4.11. The Morgan fingerprint density at radius 2 is 2.00 bits per heavy atom. The molecular weight excluding hydrogens is 428 g/mol. The maximum absolute atomic E-state index is 12.0. The Hall–Kier alpha value is -2.04. The average molecular weight is 440 g/mol. The van der Waals surface area contributed by atoms with E-state index in [1.54, 1.807) is 24.3 Å². The number of rotatable bonds is 5. The van der Waals surface area contributed by atoms with E-state index < -0.39 is 0 Å². The minimum Gasteiger partial charge on any atom is -0.493 e. The Bertz CT molecular complexity index is 772. The lowest BCUT2D eigenvalue weighted by Crippen LogP contribution is -2.20. The van der Waals surface area contributed by atoms with Gasteiger partial charge in [0.1, 0.15) is 0 Å². The number of hydrogen-bond acceptors (Lipinski definition) is 4. The van der Waals surface area contributed by atoms with Crippen molar-refractivity contribution in [2.75, 3.05) is 19.0 Å². The second-order valence-corrected chi connectivity index (χ2v) is 6.21. The van der Waals surface area contributed by atoms with Crippen LogP contribution in [0.5, 0.6) is 11.5 Å². The molecule has 0 bridgehead atoms. The van der Waals surface area contributed by atoms with Crippen molar-refractivity contribution < 1.29 is 14.3 Å². The van der Waals surface area contributed by atoms with Gasteiger partial charge in [0.15, 0.2) is 18.1 Å². The molecule has 0 heterocycles. The highest BCUT2D eigenvalue weighted by Crippen LogP contribution is 2.28. The lowest BCUT2D eigenvalue weighted by Gasteiger charge is -2.11. The molecule has 1 N–H and O–H groups in total. The number of anilines is 1. The van der Waals surface area contributed by atoms with E-state index in [9.17, 15) is 4.79 Å². The van der Waals surface area contributed by atoms with Gasteiger partial charge in [-0.3, -0.25) is 4.79 Å². The van der Waals surface area contributed by atoms with Crippen molar-refractivity contribution in [2.24, 2.45) is 0 Å². The number of nitrogens with one attached hydrogen (secondary N) is 1. The van der Waals surface area contributed by atoms with E-state index in [0.717, 1.165) is 8.95 Å². The Morgan fingerprint density at radius 1 is 1.22 bits per heavy atom. The van der Waals surface area contributed by atoms with Gasteiger partial charge < -0.3 is 14.8 Å². The minimum absolute atomic E-state index is 0.176. The molecule has 7 heteroatoms. The zero-order chi connectivity index (χ0) is 16.8. The SMILES string of the molecule is COc1cc(C#N)ccc1OCC(=O)Nc1ccc(Br)cc1Br. The average Bonchev–Trinajstić information content (AvgIpc) is 2.55. The van der Waals surface area contributed by atoms with Crippen LogP contribution in [-0.2, 0) is 4.79 Å². The summed E-state index contributed by atoms with van der Waals surface area (Å²) in [6, 6.07) is 12.2. The summed E-state index contributed by atoms with van der Waals surface area (Å²) in [5.41, 5.74) is 1.10. The number of ether oxygens (including phenoxy) is 2. The van der Waals surface area contributed by atoms with Gasteiger partial charge in [-0.1, -0.05) is 15.9 Å². The standard InChI is InChI=1S/C16H12Br2N2O3/c1-22-15-6-10(8-19)2-5-14(15)23-9-16(21)20-13-4-3-11(17)7-12(13)18/h2-7H,9H2,1H3,(H,20,21). The molecule has 0 fully saturated rings. The zero-order valence-corrected chi connectivity index (χ0v) is 15.3. The molecule has 118 valence electrons. The maximum Gasteiger partial charge on any atom is 0.262 e. The van der Waals surface area contributed by atoms with Crippen LogP contribution in [0.25, 0.3) is 0 Å². The van der Waals surface area contributed by atoms with Gasteiger partial charge in [-0.15, -0.1) is 0 Å². The third-order valence-corrected chi connectivity index (χ3v) is 4.01. The smallest absolute Gasteiger partial charge is 0.262 e. The molecule has 0 aliphatic rings. The normalized spacial score (nSPS) is 9.83. The summed E-state index contributed by atoms with van der Waals surface area (Å²) in [5, 5.41) is 11.6. The second kappa shape index (κ2) is 7.99. The van der Waals surface area contributed by atoms with Crippen molar-refractivity contribution in [1.29, 1.82) is 5.26 Å². The van der Waals surface area contributed by atoms with Gasteiger partial charge in [0, 0.05) is 15.0 Å². The van der Waals surface area contributed by atoms with E-state index >= 15 is 0 Å². The maximum atomic E-state index is 12.0. The minimum atomic E-state index is -0.306. The quantitative estimate of drug-likeness (QED) is 0.760. The summed E-state index contributed by atoms with van der Waals surface area (Å²) >= 11 is 6.72. The molecule has 0 saturated carbocycles. The monoisotopic (exact) mass is 438 g/mol. The number of nitrogens with zero attached hydrogens (tertiary/aromatic N) is 1. The van der Waals surface area contributed by atoms with E-state index in [4.69, 9.17) is 14.7 Å². The predicted molar refractivity (Wildman–Crippen MR) is 93.7 cm³/mol. The molecule has 0 aliphatic heterocycles. The molecule has 0 spiro atoms. The van der Waals surface area contributed by atoms with Crippen LogP contribution in [0.15, 0.2) is 45.3 Å². The van der Waals surface area contributed by atoms with E-state index in [1.807, 2.05) is 18.2 Å². The molecule has 0 radical (unpaired) electrons. The van der Waals surface area contributed by atoms with Crippen LogP contribution in [-0.4, -0.2) is 19.6 Å². The Morgan fingerprint density at radius 3 is 2.65 bits per heavy atom. The number of amides is 1. The van der Waals surface area contributed by atoms with E-state index in [0.29, 0.717) is 22.7 Å². The molecule has 0 aromatic heterocycles. The van der Waals surface area contributed by atoms with Gasteiger partial charge in [0.25, 0.3) is 5.91 Å². The molecular formula is C16H12Br2N2O3. The van der Waals surface area contributed by atoms with Gasteiger partial charge in [-0.05, 0) is 46.3 Å². The Labute approximate surface area is 150 Å². The van der Waals surface area contributed by atoms with Crippen LogP contribution < -0.4 is 14.8 Å². The number of carbonyl (C=O) groups excluding carboxylic acids is 1. The molecule has 1 amide bonds. The second-order valence-electron chi connectivity index (χ2n) is 4.44. The molecule has 0 aliphatic carbocycles. The largest absolute Gasteiger partial charge is 0.493 e. The topological polar surface area (TPSA) is 71.3 Å². The number of carbonyl (C=O) groups is 1. The fourth-order valence-electron chi connectivity index (χ4n) is 1.78. The first kappa shape index (κ1) is 17.3. The van der Waals surface area contributed by atoms with Gasteiger partial charge in [0.05, 0.1) is 24.4 Å². The third kappa shape index (κ3) is 4.71. The summed E-state index contributed by atoms with van der Waals surface area (Å²) in [6.07, 6.45) is 0. The summed E-state index contributed by atoms with van der Waals surface area (Å²) in [7, 11) is 1.47. The van der Waals surface area contributed by atoms with Crippen molar-refractivity contribution in [3.8, 4) is 17.6 Å². The van der Waals surface area contributed by atoms with Crippen LogP contribution in [0.3, 0.4) is 0 Å². The summed E-state index contributed by atoms with van der Waals surface area (Å²) in [4.78, 5) is 12.0. The Kier molecular flexibility index (Phi) is 6.02. The molecule has 5 nitrogen and oxygen atoms in total. The first-order chi connectivity index (χ1) is 11.0. The first-order valence-electron chi connectivity index (χ1n) is 6.49. The molecule has 0 unspecified atom stereocenters. The first-order valence-corrected chi connectivity index (χ1v) is 8.08. The van der Waals surface area contributed by atoms with E-state index in [-0.39, 0.29) is 12.5 Å². The number of benzene rings is 2. The molecule has 0 saturated heterocycles. The van der Waals surface area contributed by atoms with Gasteiger partial charge in [0.2, 0.25) is 0 Å². The summed E-state index contributed by atoms with van der Waals surface area (Å²) in [5.74, 6) is 0.498. The molecule has 2 aromatic carbocycles. The summed E-state index contributed by atoms with van der Waals surface area (Å²) < 4.78 is 12.3. The van der Waals surface area contributed by atoms with E-state index in [1.165, 1.54) is 7.11 Å². The van der Waals surface area contributed by atoms with Crippen molar-refractivity contribution in [2.45, 2.75) is 0 Å². The molecule has 0 atom stereocenters. The molecule has 2 aromatic rings. The highest BCUT2D eigenvalue weighted by Gasteiger charge is 2.10. The number of hydrogen-bond donors (Lipinski definition) is 1. The van der Waals surface area contributed by atoms with Crippen LogP contribution in [0, 0.1) is 11.3 Å². The van der Waals surface area contributed by atoms with Crippen LogP contribution in [0.4, 0.5) is 5.69 Å². The third-order valence-electron chi connectivity index (χ3n) is 2.86. The lowest BCUT2D eigenvalue weighted by molar-refractivity contribution is -0.118. The highest BCUT2D eigenvalue weighted by molar-refractivity contribution is 9.11. The molecule has 2 rings (SSSR count). The van der Waals surface area contributed by atoms with Crippen molar-refractivity contribution >= 4 is 43.5 Å². The van der Waals surface area contributed by atoms with Crippen molar-refractivity contribution in [3.05, 3.63) is 50.9 Å². The van der Waals surface area contributed by atoms with Crippen LogP contribution in [0.1, 0.15) is 5.56 Å². The van der Waals surface area contributed by atoms with Gasteiger partial charge in [-0.2, -0.15) is 5.26 Å². The number of nitriles is 1. The van der Waals surface area contributed by atoms with Gasteiger partial charge in [-0.25, -0.2) is 0 Å². The lowest BCUT2D eigenvalue weighted by atomic mass is 10.2. The molecule has 23 heavy (non-hydrogen) atoms. The van der Waals surface area contributed by atoms with E-state index in [2.05, 4.69) is 37.2 Å².